The molecule has 1 amide bonds. The van der Waals surface area contributed by atoms with Gasteiger partial charge in [0.1, 0.15) is 11.9 Å². The van der Waals surface area contributed by atoms with Crippen LogP contribution in [0.4, 0.5) is 24.8 Å². The summed E-state index contributed by atoms with van der Waals surface area (Å²) in [6.07, 6.45) is -1.31. The summed E-state index contributed by atoms with van der Waals surface area (Å²) < 4.78 is 53.5. The molecule has 1 unspecified atom stereocenters. The van der Waals surface area contributed by atoms with E-state index >= 15 is 0 Å². The quantitative estimate of drug-likeness (QED) is 0.273. The molecule has 2 N–H and O–H groups in total. The molecule has 0 saturated carbocycles. The largest absolute Gasteiger partial charge is 0.487 e. The first-order valence-electron chi connectivity index (χ1n) is 11.9. The van der Waals surface area contributed by atoms with E-state index in [-0.39, 0.29) is 29.5 Å². The Morgan fingerprint density at radius 3 is 2.64 bits per heavy atom. The molecule has 2 aromatic heterocycles. The van der Waals surface area contributed by atoms with E-state index in [1.165, 1.54) is 36.7 Å². The van der Waals surface area contributed by atoms with Gasteiger partial charge in [0.05, 0.1) is 51.1 Å². The molecule has 2 aromatic carbocycles. The Hall–Kier alpha value is -3.54. The summed E-state index contributed by atoms with van der Waals surface area (Å²) >= 11 is 12.5. The van der Waals surface area contributed by atoms with Crippen molar-refractivity contribution in [2.24, 2.45) is 7.05 Å². The Morgan fingerprint density at radius 2 is 1.95 bits per heavy atom. The summed E-state index contributed by atoms with van der Waals surface area (Å²) in [5.74, 6) is 0.0316. The molecular weight excluding hydrogens is 558 g/mol. The summed E-state index contributed by atoms with van der Waals surface area (Å²) in [5, 5.41) is 6.26. The zero-order valence-corrected chi connectivity index (χ0v) is 22.0. The van der Waals surface area contributed by atoms with Crippen LogP contribution in [0.2, 0.25) is 10.0 Å². The number of imidazole rings is 1. The van der Waals surface area contributed by atoms with E-state index in [0.29, 0.717) is 52.3 Å². The maximum absolute atomic E-state index is 13.4. The normalized spacial score (nSPS) is 15.5. The molecule has 0 radical (unpaired) electrons. The predicted molar refractivity (Wildman–Crippen MR) is 141 cm³/mol. The van der Waals surface area contributed by atoms with Crippen LogP contribution in [-0.2, 0) is 24.5 Å². The number of pyridine rings is 1. The Balaban J connectivity index is 1.49. The summed E-state index contributed by atoms with van der Waals surface area (Å²) in [6, 6.07) is 8.29. The molecule has 1 aliphatic rings. The smallest absolute Gasteiger partial charge is 0.416 e. The van der Waals surface area contributed by atoms with Crippen molar-refractivity contribution in [3.63, 3.8) is 0 Å². The molecule has 1 saturated heterocycles. The topological polar surface area (TPSA) is 90.3 Å². The lowest BCUT2D eigenvalue weighted by molar-refractivity contribution is -0.138. The second kappa shape index (κ2) is 10.9. The van der Waals surface area contributed by atoms with Crippen molar-refractivity contribution in [1.29, 1.82) is 0 Å². The van der Waals surface area contributed by atoms with E-state index in [1.807, 2.05) is 0 Å². The summed E-state index contributed by atoms with van der Waals surface area (Å²) in [6.45, 7) is 0.553. The number of nitrogens with zero attached hydrogens (tertiary/aromatic N) is 3. The third-order valence-corrected chi connectivity index (χ3v) is 6.83. The number of aromatic nitrogens is 3. The van der Waals surface area contributed by atoms with Gasteiger partial charge >= 0.3 is 6.18 Å². The molecule has 4 aromatic rings. The summed E-state index contributed by atoms with van der Waals surface area (Å²) in [7, 11) is 1.76. The number of alkyl halides is 3. The highest BCUT2D eigenvalue weighted by molar-refractivity contribution is 6.39. The number of benzene rings is 2. The highest BCUT2D eigenvalue weighted by Gasteiger charge is 2.33. The van der Waals surface area contributed by atoms with Crippen LogP contribution in [0.3, 0.4) is 0 Å². The first kappa shape index (κ1) is 27.0. The van der Waals surface area contributed by atoms with Crippen LogP contribution in [0.5, 0.6) is 5.75 Å². The molecule has 5 rings (SSSR count). The van der Waals surface area contributed by atoms with Crippen LogP contribution >= 0.6 is 23.2 Å². The van der Waals surface area contributed by atoms with Crippen molar-refractivity contribution in [2.45, 2.75) is 25.2 Å². The molecule has 8 nitrogen and oxygen atoms in total. The number of fused-ring (bicyclic) bond motifs is 1. The van der Waals surface area contributed by atoms with Crippen LogP contribution in [0.25, 0.3) is 11.0 Å². The molecule has 13 heteroatoms. The van der Waals surface area contributed by atoms with Crippen molar-refractivity contribution in [3.05, 3.63) is 75.5 Å². The molecule has 204 valence electrons. The fourth-order valence-corrected chi connectivity index (χ4v) is 4.71. The first-order chi connectivity index (χ1) is 18.6. The number of hydrogen-bond acceptors (Lipinski definition) is 6. The Kier molecular flexibility index (Phi) is 7.57. The summed E-state index contributed by atoms with van der Waals surface area (Å²) in [4.78, 5) is 21.8. The second-order valence-electron chi connectivity index (χ2n) is 8.88. The van der Waals surface area contributed by atoms with Crippen molar-refractivity contribution >= 4 is 51.8 Å². The predicted octanol–water partition coefficient (Wildman–Crippen LogP) is 6.14. The van der Waals surface area contributed by atoms with Gasteiger partial charge < -0.3 is 24.7 Å². The van der Waals surface area contributed by atoms with Gasteiger partial charge in [-0.15, -0.1) is 0 Å². The number of carbonyl (C=O) groups is 1. The molecule has 39 heavy (non-hydrogen) atoms. The van der Waals surface area contributed by atoms with Gasteiger partial charge in [-0.3, -0.25) is 9.78 Å². The zero-order valence-electron chi connectivity index (χ0n) is 20.5. The van der Waals surface area contributed by atoms with E-state index in [9.17, 15) is 18.0 Å². The van der Waals surface area contributed by atoms with Crippen molar-refractivity contribution in [2.75, 3.05) is 18.5 Å². The van der Waals surface area contributed by atoms with E-state index in [4.69, 9.17) is 32.7 Å². The third kappa shape index (κ3) is 5.75. The van der Waals surface area contributed by atoms with Crippen LogP contribution in [0, 0.1) is 0 Å². The number of hydrogen-bond donors (Lipinski definition) is 2. The maximum atomic E-state index is 13.4. The Morgan fingerprint density at radius 1 is 1.21 bits per heavy atom. The second-order valence-corrected chi connectivity index (χ2v) is 9.69. The molecule has 0 aliphatic carbocycles. The Bertz CT molecular complexity index is 1520. The lowest BCUT2D eigenvalue weighted by atomic mass is 10.1. The van der Waals surface area contributed by atoms with Crippen LogP contribution in [0.1, 0.15) is 27.9 Å². The minimum absolute atomic E-state index is 0.0541. The first-order valence-corrected chi connectivity index (χ1v) is 12.6. The summed E-state index contributed by atoms with van der Waals surface area (Å²) in [5.41, 5.74) is 0.746. The molecule has 3 heterocycles. The molecule has 1 aliphatic heterocycles. The van der Waals surface area contributed by atoms with E-state index in [0.717, 1.165) is 6.07 Å². The number of rotatable bonds is 7. The SMILES string of the molecule is Cn1c(Nc2c(Cl)cncc2Cl)nc2cc(C(=O)NCc3ccccc3C(F)(F)F)c(OC3CCOC3)cc21. The molecule has 1 fully saturated rings. The van der Waals surface area contributed by atoms with Crippen LogP contribution in [-0.4, -0.2) is 39.8 Å². The molecule has 0 spiro atoms. The minimum atomic E-state index is -4.55. The van der Waals surface area contributed by atoms with Gasteiger partial charge in [0.2, 0.25) is 5.95 Å². The number of amides is 1. The molecule has 0 bridgehead atoms. The number of ether oxygens (including phenoxy) is 2. The number of nitrogens with one attached hydrogen (secondary N) is 2. The molecule has 1 atom stereocenters. The number of anilines is 2. The fourth-order valence-electron chi connectivity index (χ4n) is 4.26. The lowest BCUT2D eigenvalue weighted by Crippen LogP contribution is -2.26. The monoisotopic (exact) mass is 579 g/mol. The van der Waals surface area contributed by atoms with Gasteiger partial charge in [-0.2, -0.15) is 13.2 Å². The number of aryl methyl sites for hydroxylation is 1. The number of halogens is 5. The van der Waals surface area contributed by atoms with Crippen molar-refractivity contribution in [1.82, 2.24) is 19.9 Å². The highest BCUT2D eigenvalue weighted by Crippen LogP contribution is 2.35. The number of carbonyl (C=O) groups excluding carboxylic acids is 1. The van der Waals surface area contributed by atoms with Gasteiger partial charge in [0, 0.05) is 38.5 Å². The van der Waals surface area contributed by atoms with Crippen molar-refractivity contribution in [3.8, 4) is 5.75 Å². The standard InChI is InChI=1S/C26H22Cl2F3N5O3/c1-36-21-9-22(39-15-6-7-38-13-15)16(24(37)33-10-14-4-2-3-5-17(14)26(29,30)31)8-20(21)34-25(36)35-23-18(27)11-32-12-19(23)28/h2-5,8-9,11-12,15H,6-7,10,13H2,1H3,(H,33,37)(H,32,34,35). The molecular formula is C26H22Cl2F3N5O3. The van der Waals surface area contributed by atoms with E-state index in [1.54, 1.807) is 17.7 Å². The minimum Gasteiger partial charge on any atom is -0.487 e. The average Bonchev–Trinajstić information content (AvgIpc) is 3.52. The highest BCUT2D eigenvalue weighted by atomic mass is 35.5. The van der Waals surface area contributed by atoms with Gasteiger partial charge in [0.25, 0.3) is 5.91 Å². The Labute approximate surface area is 231 Å². The average molecular weight is 580 g/mol. The fraction of sp³-hybridized carbons (Fsp3) is 0.269. The van der Waals surface area contributed by atoms with Gasteiger partial charge in [-0.25, -0.2) is 4.98 Å². The van der Waals surface area contributed by atoms with Gasteiger partial charge in [-0.05, 0) is 17.7 Å². The lowest BCUT2D eigenvalue weighted by Gasteiger charge is -2.17. The van der Waals surface area contributed by atoms with Crippen LogP contribution in [0.15, 0.2) is 48.8 Å². The van der Waals surface area contributed by atoms with E-state index in [2.05, 4.69) is 20.6 Å². The third-order valence-electron chi connectivity index (χ3n) is 6.26. The van der Waals surface area contributed by atoms with Crippen LogP contribution < -0.4 is 15.4 Å². The van der Waals surface area contributed by atoms with Crippen molar-refractivity contribution < 1.29 is 27.4 Å². The maximum Gasteiger partial charge on any atom is 0.416 e. The van der Waals surface area contributed by atoms with E-state index < -0.39 is 17.6 Å². The zero-order chi connectivity index (χ0) is 27.7. The van der Waals surface area contributed by atoms with Gasteiger partial charge in [-0.1, -0.05) is 41.4 Å². The van der Waals surface area contributed by atoms with Gasteiger partial charge in [0.15, 0.2) is 0 Å².